The number of carboxylic acid groups (broad SMARTS) is 1. The Morgan fingerprint density at radius 1 is 1.65 bits per heavy atom. The fourth-order valence-electron chi connectivity index (χ4n) is 1.67. The van der Waals surface area contributed by atoms with E-state index in [0.29, 0.717) is 0 Å². The van der Waals surface area contributed by atoms with E-state index in [1.165, 1.54) is 0 Å². The number of carbonyl (C=O) groups is 1. The lowest BCUT2D eigenvalue weighted by molar-refractivity contribution is -0.137. The first kappa shape index (κ1) is 12.3. The molecule has 4 nitrogen and oxygen atoms in total. The van der Waals surface area contributed by atoms with Crippen LogP contribution >= 0.6 is 27.3 Å². The van der Waals surface area contributed by atoms with E-state index < -0.39 is 5.97 Å². The number of hydrogen-bond acceptors (Lipinski definition) is 3. The molecule has 0 saturated carbocycles. The molecule has 0 radical (unpaired) electrons. The molecule has 1 unspecified atom stereocenters. The molecule has 0 saturated heterocycles. The lowest BCUT2D eigenvalue weighted by Crippen LogP contribution is -2.07. The van der Waals surface area contributed by atoms with Gasteiger partial charge >= 0.3 is 5.97 Å². The molecule has 90 valence electrons. The number of imidazole rings is 1. The van der Waals surface area contributed by atoms with Crippen LogP contribution in [0.25, 0.3) is 0 Å². The van der Waals surface area contributed by atoms with E-state index in [1.54, 1.807) is 17.5 Å². The summed E-state index contributed by atoms with van der Waals surface area (Å²) in [6.45, 7) is 1.85. The van der Waals surface area contributed by atoms with E-state index in [4.69, 9.17) is 5.11 Å². The zero-order valence-corrected chi connectivity index (χ0v) is 11.5. The topological polar surface area (TPSA) is 66.0 Å². The maximum atomic E-state index is 10.9. The van der Waals surface area contributed by atoms with Gasteiger partial charge in [-0.2, -0.15) is 0 Å². The average molecular weight is 315 g/mol. The minimum atomic E-state index is -0.813. The number of rotatable bonds is 4. The number of aryl methyl sites for hydroxylation is 1. The molecule has 1 atom stereocenters. The van der Waals surface area contributed by atoms with E-state index in [1.807, 2.05) is 19.1 Å². The van der Waals surface area contributed by atoms with Gasteiger partial charge < -0.3 is 10.1 Å². The molecule has 0 aliphatic carbocycles. The number of carboxylic acids is 1. The Morgan fingerprint density at radius 2 is 2.41 bits per heavy atom. The van der Waals surface area contributed by atoms with Crippen molar-refractivity contribution in [3.8, 4) is 0 Å². The van der Waals surface area contributed by atoms with E-state index in [0.717, 1.165) is 20.2 Å². The highest BCUT2D eigenvalue weighted by Crippen LogP contribution is 2.34. The van der Waals surface area contributed by atoms with Crippen molar-refractivity contribution in [3.63, 3.8) is 0 Å². The van der Waals surface area contributed by atoms with Crippen molar-refractivity contribution in [3.05, 3.63) is 38.5 Å². The van der Waals surface area contributed by atoms with Crippen LogP contribution in [0, 0.1) is 6.92 Å². The molecule has 0 fully saturated rings. The Bertz CT molecular complexity index is 495. The maximum Gasteiger partial charge on any atom is 0.304 e. The Morgan fingerprint density at radius 3 is 2.88 bits per heavy atom. The normalized spacial score (nSPS) is 12.6. The highest BCUT2D eigenvalue weighted by atomic mass is 79.9. The third-order valence-corrected chi connectivity index (χ3v) is 4.15. The van der Waals surface area contributed by atoms with Gasteiger partial charge in [0.25, 0.3) is 0 Å². The third-order valence-electron chi connectivity index (χ3n) is 2.41. The third kappa shape index (κ3) is 2.95. The second-order valence-electron chi connectivity index (χ2n) is 3.72. The highest BCUT2D eigenvalue weighted by molar-refractivity contribution is 9.11. The summed E-state index contributed by atoms with van der Waals surface area (Å²) in [4.78, 5) is 19.2. The first-order chi connectivity index (χ1) is 8.06. The molecule has 0 bridgehead atoms. The number of nitrogens with one attached hydrogen (secondary N) is 1. The van der Waals surface area contributed by atoms with Gasteiger partial charge in [0.15, 0.2) is 0 Å². The van der Waals surface area contributed by atoms with Gasteiger partial charge in [0.05, 0.1) is 10.2 Å². The van der Waals surface area contributed by atoms with Gasteiger partial charge in [-0.05, 0) is 35.0 Å². The zero-order chi connectivity index (χ0) is 12.4. The van der Waals surface area contributed by atoms with Gasteiger partial charge in [0, 0.05) is 22.7 Å². The lowest BCUT2D eigenvalue weighted by atomic mass is 10.0. The standard InChI is InChI=1S/C11H11BrN2O2S/c1-6-13-5-8(14-6)7(4-11(15)16)9-2-3-10(12)17-9/h2-3,5,7H,4H2,1H3,(H,13,14)(H,15,16). The number of halogens is 1. The van der Waals surface area contributed by atoms with Crippen molar-refractivity contribution in [2.45, 2.75) is 19.3 Å². The van der Waals surface area contributed by atoms with Gasteiger partial charge in [0.1, 0.15) is 5.82 Å². The van der Waals surface area contributed by atoms with Gasteiger partial charge in [-0.3, -0.25) is 4.79 Å². The largest absolute Gasteiger partial charge is 0.481 e. The van der Waals surface area contributed by atoms with Crippen molar-refractivity contribution < 1.29 is 9.90 Å². The van der Waals surface area contributed by atoms with Crippen LogP contribution in [0.4, 0.5) is 0 Å². The predicted molar refractivity (Wildman–Crippen MR) is 69.4 cm³/mol. The Labute approximate surface area is 111 Å². The van der Waals surface area contributed by atoms with Crippen molar-refractivity contribution >= 4 is 33.2 Å². The summed E-state index contributed by atoms with van der Waals surface area (Å²) in [5.41, 5.74) is 0.847. The molecule has 2 aromatic rings. The smallest absolute Gasteiger partial charge is 0.304 e. The molecule has 0 aliphatic heterocycles. The van der Waals surface area contributed by atoms with Crippen LogP contribution in [0.1, 0.15) is 28.7 Å². The first-order valence-corrected chi connectivity index (χ1v) is 6.65. The van der Waals surface area contributed by atoms with Crippen LogP contribution < -0.4 is 0 Å². The van der Waals surface area contributed by atoms with Gasteiger partial charge in [0.2, 0.25) is 0 Å². The summed E-state index contributed by atoms with van der Waals surface area (Å²) >= 11 is 4.94. The van der Waals surface area contributed by atoms with Gasteiger partial charge in [-0.15, -0.1) is 11.3 Å². The molecule has 2 heterocycles. The molecule has 0 spiro atoms. The fraction of sp³-hybridized carbons (Fsp3) is 0.273. The fourth-order valence-corrected chi connectivity index (χ4v) is 3.21. The number of thiophene rings is 1. The number of aromatic amines is 1. The molecule has 17 heavy (non-hydrogen) atoms. The molecular weight excluding hydrogens is 304 g/mol. The molecule has 2 aromatic heterocycles. The quantitative estimate of drug-likeness (QED) is 0.911. The van der Waals surface area contributed by atoms with Gasteiger partial charge in [-0.1, -0.05) is 0 Å². The van der Waals surface area contributed by atoms with Gasteiger partial charge in [-0.25, -0.2) is 4.98 Å². The summed E-state index contributed by atoms with van der Waals surface area (Å²) in [6, 6.07) is 3.87. The second-order valence-corrected chi connectivity index (χ2v) is 6.21. The summed E-state index contributed by atoms with van der Waals surface area (Å²) in [5.74, 6) is -0.178. The van der Waals surface area contributed by atoms with Crippen LogP contribution in [0.15, 0.2) is 22.1 Å². The second kappa shape index (κ2) is 5.01. The van der Waals surface area contributed by atoms with Crippen molar-refractivity contribution in [1.82, 2.24) is 9.97 Å². The number of aliphatic carboxylic acids is 1. The van der Waals surface area contributed by atoms with E-state index in [9.17, 15) is 4.79 Å². The molecular formula is C11H11BrN2O2S. The van der Waals surface area contributed by atoms with E-state index in [-0.39, 0.29) is 12.3 Å². The highest BCUT2D eigenvalue weighted by Gasteiger charge is 2.21. The van der Waals surface area contributed by atoms with E-state index in [2.05, 4.69) is 25.9 Å². The van der Waals surface area contributed by atoms with E-state index >= 15 is 0 Å². The zero-order valence-electron chi connectivity index (χ0n) is 9.11. The molecule has 2 rings (SSSR count). The molecule has 2 N–H and O–H groups in total. The van der Waals surface area contributed by atoms with Crippen molar-refractivity contribution in [2.24, 2.45) is 0 Å². The molecule has 0 aliphatic rings. The number of H-pyrrole nitrogens is 1. The van der Waals surface area contributed by atoms with Crippen molar-refractivity contribution in [2.75, 3.05) is 0 Å². The summed E-state index contributed by atoms with van der Waals surface area (Å²) in [7, 11) is 0. The molecule has 0 aromatic carbocycles. The van der Waals surface area contributed by atoms with Crippen LogP contribution in [-0.4, -0.2) is 21.0 Å². The average Bonchev–Trinajstić information content (AvgIpc) is 2.84. The monoisotopic (exact) mass is 314 g/mol. The van der Waals surface area contributed by atoms with Crippen LogP contribution in [0.5, 0.6) is 0 Å². The molecule has 0 amide bonds. The Kier molecular flexibility index (Phi) is 3.63. The summed E-state index contributed by atoms with van der Waals surface area (Å²) in [6.07, 6.45) is 1.77. The van der Waals surface area contributed by atoms with Crippen LogP contribution in [-0.2, 0) is 4.79 Å². The summed E-state index contributed by atoms with van der Waals surface area (Å²) in [5, 5.41) is 8.98. The number of aromatic nitrogens is 2. The van der Waals surface area contributed by atoms with Crippen LogP contribution in [0.3, 0.4) is 0 Å². The Hall–Kier alpha value is -1.14. The van der Waals surface area contributed by atoms with Crippen molar-refractivity contribution in [1.29, 1.82) is 0 Å². The molecule has 6 heteroatoms. The lowest BCUT2D eigenvalue weighted by Gasteiger charge is -2.10. The minimum Gasteiger partial charge on any atom is -0.481 e. The first-order valence-electron chi connectivity index (χ1n) is 5.05. The SMILES string of the molecule is Cc1ncc(C(CC(=O)O)c2ccc(Br)s2)[nH]1. The summed E-state index contributed by atoms with van der Waals surface area (Å²) < 4.78 is 0.999. The minimum absolute atomic E-state index is 0.0641. The predicted octanol–water partition coefficient (Wildman–Crippen LogP) is 3.15. The number of hydrogen-bond donors (Lipinski definition) is 2. The van der Waals surface area contributed by atoms with Crippen LogP contribution in [0.2, 0.25) is 0 Å². The number of nitrogens with zero attached hydrogens (tertiary/aromatic N) is 1. The Balaban J connectivity index is 2.34. The maximum absolute atomic E-state index is 10.9.